The fourth-order valence-electron chi connectivity index (χ4n) is 0.619. The van der Waals surface area contributed by atoms with Crippen LogP contribution in [0.2, 0.25) is 0 Å². The second-order valence-corrected chi connectivity index (χ2v) is 2.87. The molecular formula is C8H24N4O4. The van der Waals surface area contributed by atoms with Crippen LogP contribution in [0.5, 0.6) is 0 Å². The van der Waals surface area contributed by atoms with Crippen molar-refractivity contribution in [2.45, 2.75) is 25.7 Å². The lowest BCUT2D eigenvalue weighted by Gasteiger charge is -2.17. The van der Waals surface area contributed by atoms with Gasteiger partial charge in [-0.25, -0.2) is 0 Å². The summed E-state index contributed by atoms with van der Waals surface area (Å²) in [4.78, 5) is 0. The van der Waals surface area contributed by atoms with Gasteiger partial charge in [0.2, 0.25) is 0 Å². The van der Waals surface area contributed by atoms with Crippen molar-refractivity contribution in [1.82, 2.24) is 16.0 Å². The first-order chi connectivity index (χ1) is 7.65. The van der Waals surface area contributed by atoms with E-state index in [4.69, 9.17) is 26.2 Å². The van der Waals surface area contributed by atoms with Gasteiger partial charge in [0.05, 0.1) is 26.8 Å². The molecule has 0 rings (SSSR count). The molecule has 0 saturated heterocycles. The van der Waals surface area contributed by atoms with Crippen LogP contribution in [0.1, 0.15) is 13.3 Å². The van der Waals surface area contributed by atoms with E-state index in [2.05, 4.69) is 16.0 Å². The van der Waals surface area contributed by atoms with E-state index in [9.17, 15) is 0 Å². The van der Waals surface area contributed by atoms with Gasteiger partial charge in [0.25, 0.3) is 0 Å². The van der Waals surface area contributed by atoms with E-state index < -0.39 is 6.29 Å². The van der Waals surface area contributed by atoms with Crippen molar-refractivity contribution in [3.8, 4) is 0 Å². The third kappa shape index (κ3) is 13.7. The van der Waals surface area contributed by atoms with E-state index in [1.165, 1.54) is 0 Å². The Morgan fingerprint density at radius 2 is 1.31 bits per heavy atom. The Kier molecular flexibility index (Phi) is 16.6. The minimum Gasteiger partial charge on any atom is -0.395 e. The minimum atomic E-state index is -0.472. The van der Waals surface area contributed by atoms with Crippen molar-refractivity contribution >= 4 is 0 Å². The lowest BCUT2D eigenvalue weighted by Crippen LogP contribution is -2.53. The zero-order valence-electron chi connectivity index (χ0n) is 9.56. The van der Waals surface area contributed by atoms with E-state index >= 15 is 0 Å². The van der Waals surface area contributed by atoms with Crippen molar-refractivity contribution in [1.29, 1.82) is 0 Å². The molecule has 0 radical (unpaired) electrons. The van der Waals surface area contributed by atoms with Gasteiger partial charge in [-0.2, -0.15) is 0 Å². The highest BCUT2D eigenvalue weighted by molar-refractivity contribution is 4.53. The van der Waals surface area contributed by atoms with Gasteiger partial charge in [-0.05, 0) is 6.42 Å². The minimum absolute atomic E-state index is 0.00926. The number of aliphatic hydroxyl groups is 4. The van der Waals surface area contributed by atoms with Crippen LogP contribution in [-0.2, 0) is 0 Å². The van der Waals surface area contributed by atoms with Gasteiger partial charge < -0.3 is 26.2 Å². The maximum atomic E-state index is 8.34. The highest BCUT2D eigenvalue weighted by Crippen LogP contribution is 1.79. The summed E-state index contributed by atoms with van der Waals surface area (Å²) in [5, 5.41) is 40.7. The smallest absolute Gasteiger partial charge is 0.117 e. The van der Waals surface area contributed by atoms with Gasteiger partial charge in [0.15, 0.2) is 0 Å². The summed E-state index contributed by atoms with van der Waals surface area (Å²) >= 11 is 0. The Morgan fingerprint density at radius 3 is 1.44 bits per heavy atom. The van der Waals surface area contributed by atoms with Gasteiger partial charge in [-0.1, -0.05) is 6.92 Å². The van der Waals surface area contributed by atoms with Crippen molar-refractivity contribution < 1.29 is 20.4 Å². The lowest BCUT2D eigenvalue weighted by molar-refractivity contribution is 0.143. The molecule has 0 spiro atoms. The van der Waals surface area contributed by atoms with Crippen LogP contribution in [-0.4, -0.2) is 59.6 Å². The monoisotopic (exact) mass is 240 g/mol. The zero-order chi connectivity index (χ0) is 12.8. The van der Waals surface area contributed by atoms with Crippen LogP contribution in [0.3, 0.4) is 0 Å². The second-order valence-electron chi connectivity index (χ2n) is 2.87. The predicted octanol–water partition coefficient (Wildman–Crippen LogP) is -3.40. The first-order valence-electron chi connectivity index (χ1n) is 5.05. The number of hydrogen-bond acceptors (Lipinski definition) is 8. The molecular weight excluding hydrogens is 216 g/mol. The van der Waals surface area contributed by atoms with Crippen LogP contribution in [0.25, 0.3) is 0 Å². The molecule has 0 aromatic carbocycles. The number of rotatable bonds is 8. The van der Waals surface area contributed by atoms with E-state index in [0.29, 0.717) is 0 Å². The van der Waals surface area contributed by atoms with E-state index in [1.807, 2.05) is 6.92 Å². The molecule has 1 unspecified atom stereocenters. The second kappa shape index (κ2) is 14.7. The molecule has 0 amide bonds. The molecule has 0 bridgehead atoms. The first kappa shape index (κ1) is 18.1. The Balaban J connectivity index is 0. The van der Waals surface area contributed by atoms with Crippen molar-refractivity contribution in [2.75, 3.05) is 26.8 Å². The number of nitrogens with two attached hydrogens (primary N) is 1. The van der Waals surface area contributed by atoms with E-state index in [-0.39, 0.29) is 32.8 Å². The van der Waals surface area contributed by atoms with Crippen molar-refractivity contribution in [2.24, 2.45) is 5.73 Å². The Morgan fingerprint density at radius 1 is 0.938 bits per heavy atom. The van der Waals surface area contributed by atoms with Gasteiger partial charge in [0.1, 0.15) is 6.29 Å². The molecule has 0 fully saturated rings. The van der Waals surface area contributed by atoms with Crippen molar-refractivity contribution in [3.05, 3.63) is 0 Å². The summed E-state index contributed by atoms with van der Waals surface area (Å²) in [7, 11) is 0. The summed E-state index contributed by atoms with van der Waals surface area (Å²) < 4.78 is 0. The molecule has 1 atom stereocenters. The molecule has 8 nitrogen and oxygen atoms in total. The standard InChI is InChI=1S/C4H13N3O3.C4H11NO/c8-1-5-4(6-2-9)7-3-10;1-2-4(5)3-6/h4-10H,1-3H2;4,6H,2-3,5H2,1H3. The summed E-state index contributed by atoms with van der Waals surface area (Å²) in [5.41, 5.74) is 5.22. The summed E-state index contributed by atoms with van der Waals surface area (Å²) in [6.07, 6.45) is 0.385. The van der Waals surface area contributed by atoms with Gasteiger partial charge in [0, 0.05) is 6.04 Å². The van der Waals surface area contributed by atoms with E-state index in [0.717, 1.165) is 6.42 Å². The fourth-order valence-corrected chi connectivity index (χ4v) is 0.619. The molecule has 16 heavy (non-hydrogen) atoms. The first-order valence-corrected chi connectivity index (χ1v) is 5.05. The molecule has 0 aliphatic carbocycles. The lowest BCUT2D eigenvalue weighted by atomic mass is 10.3. The maximum Gasteiger partial charge on any atom is 0.117 e. The third-order valence-electron chi connectivity index (χ3n) is 1.65. The molecule has 0 aliphatic heterocycles. The molecule has 0 aromatic heterocycles. The molecule has 0 heterocycles. The van der Waals surface area contributed by atoms with Crippen LogP contribution < -0.4 is 21.7 Å². The van der Waals surface area contributed by atoms with Crippen LogP contribution in [0.4, 0.5) is 0 Å². The average Bonchev–Trinajstić information content (AvgIpc) is 2.30. The maximum absolute atomic E-state index is 8.34. The van der Waals surface area contributed by atoms with Crippen LogP contribution in [0, 0.1) is 0 Å². The van der Waals surface area contributed by atoms with Crippen LogP contribution >= 0.6 is 0 Å². The summed E-state index contributed by atoms with van der Waals surface area (Å²) in [5.74, 6) is 0. The Hall–Kier alpha value is -0.320. The largest absolute Gasteiger partial charge is 0.395 e. The average molecular weight is 240 g/mol. The summed E-state index contributed by atoms with van der Waals surface area (Å²) in [6, 6.07) is -0.00926. The zero-order valence-corrected chi connectivity index (χ0v) is 9.56. The normalized spacial score (nSPS) is 12.2. The third-order valence-corrected chi connectivity index (χ3v) is 1.65. The topological polar surface area (TPSA) is 143 Å². The Bertz CT molecular complexity index is 112. The predicted molar refractivity (Wildman–Crippen MR) is 59.8 cm³/mol. The van der Waals surface area contributed by atoms with Gasteiger partial charge >= 0.3 is 0 Å². The quantitative estimate of drug-likeness (QED) is 0.205. The fraction of sp³-hybridized carbons (Fsp3) is 1.00. The van der Waals surface area contributed by atoms with Crippen molar-refractivity contribution in [3.63, 3.8) is 0 Å². The summed E-state index contributed by atoms with van der Waals surface area (Å²) in [6.45, 7) is 1.36. The Labute approximate surface area is 95.5 Å². The number of aliphatic hydroxyl groups excluding tert-OH is 4. The SMILES string of the molecule is CCC(N)CO.OCNC(NCO)NCO. The highest BCUT2D eigenvalue weighted by Gasteiger charge is 2.00. The number of nitrogens with one attached hydrogen (secondary N) is 3. The van der Waals surface area contributed by atoms with Gasteiger partial charge in [-0.15, -0.1) is 0 Å². The number of hydrogen-bond donors (Lipinski definition) is 8. The van der Waals surface area contributed by atoms with E-state index in [1.54, 1.807) is 0 Å². The molecule has 100 valence electrons. The van der Waals surface area contributed by atoms with Gasteiger partial charge in [-0.3, -0.25) is 16.0 Å². The molecule has 0 aliphatic rings. The molecule has 9 N–H and O–H groups in total. The molecule has 0 aromatic rings. The highest BCUT2D eigenvalue weighted by atomic mass is 16.3. The molecule has 8 heteroatoms. The molecule has 0 saturated carbocycles. The van der Waals surface area contributed by atoms with Crippen LogP contribution in [0.15, 0.2) is 0 Å².